The summed E-state index contributed by atoms with van der Waals surface area (Å²) in [4.78, 5) is 34.2. The summed E-state index contributed by atoms with van der Waals surface area (Å²) in [5.41, 5.74) is 1.05. The summed E-state index contributed by atoms with van der Waals surface area (Å²) >= 11 is 0. The number of benzene rings is 1. The first-order valence-corrected chi connectivity index (χ1v) is 10.2. The first-order valence-electron chi connectivity index (χ1n) is 10.2. The second-order valence-electron chi connectivity index (χ2n) is 7.98. The van der Waals surface area contributed by atoms with Gasteiger partial charge in [-0.05, 0) is 35.4 Å². The summed E-state index contributed by atoms with van der Waals surface area (Å²) in [7, 11) is 0. The molecule has 1 atom stereocenters. The Morgan fingerprint density at radius 2 is 2.10 bits per heavy atom. The van der Waals surface area contributed by atoms with Crippen molar-refractivity contribution in [1.82, 2.24) is 35.2 Å². The Morgan fingerprint density at radius 3 is 2.84 bits per heavy atom. The Kier molecular flexibility index (Phi) is 4.53. The highest BCUT2D eigenvalue weighted by Crippen LogP contribution is 2.47. The number of tetrazole rings is 1. The molecule has 5 rings (SSSR count). The third-order valence-corrected chi connectivity index (χ3v) is 6.10. The smallest absolute Gasteiger partial charge is 0.240 e. The van der Waals surface area contributed by atoms with Crippen molar-refractivity contribution < 1.29 is 14.1 Å². The number of aromatic nitrogens is 6. The van der Waals surface area contributed by atoms with Gasteiger partial charge in [-0.2, -0.15) is 4.98 Å². The minimum atomic E-state index is -0.740. The molecular weight excluding hydrogens is 400 g/mol. The maximum Gasteiger partial charge on any atom is 0.240 e. The highest BCUT2D eigenvalue weighted by molar-refractivity contribution is 6.08. The molecule has 2 aliphatic rings. The van der Waals surface area contributed by atoms with Gasteiger partial charge >= 0.3 is 0 Å². The van der Waals surface area contributed by atoms with E-state index in [-0.39, 0.29) is 24.8 Å². The van der Waals surface area contributed by atoms with Gasteiger partial charge in [0.1, 0.15) is 5.82 Å². The highest BCUT2D eigenvalue weighted by atomic mass is 16.5. The number of likely N-dealkylation sites (tertiary alicyclic amines) is 1. The van der Waals surface area contributed by atoms with Crippen LogP contribution in [0.1, 0.15) is 35.9 Å². The van der Waals surface area contributed by atoms with Gasteiger partial charge in [-0.1, -0.05) is 23.4 Å². The minimum absolute atomic E-state index is 0.00991. The molecule has 1 saturated heterocycles. The first kappa shape index (κ1) is 19.3. The number of aryl methyl sites for hydroxylation is 3. The lowest BCUT2D eigenvalue weighted by atomic mass is 9.81. The summed E-state index contributed by atoms with van der Waals surface area (Å²) in [5, 5.41) is 15.3. The first-order chi connectivity index (χ1) is 15.0. The molecule has 1 unspecified atom stereocenters. The fourth-order valence-electron chi connectivity index (χ4n) is 4.53. The van der Waals surface area contributed by atoms with E-state index in [1.165, 1.54) is 0 Å². The Labute approximate surface area is 178 Å². The van der Waals surface area contributed by atoms with Crippen LogP contribution in [-0.2, 0) is 28.1 Å². The van der Waals surface area contributed by atoms with Gasteiger partial charge in [-0.3, -0.25) is 9.59 Å². The van der Waals surface area contributed by atoms with Crippen LogP contribution in [0, 0.1) is 13.8 Å². The molecule has 1 spiro atoms. The predicted octanol–water partition coefficient (Wildman–Crippen LogP) is 0.780. The van der Waals surface area contributed by atoms with Crippen LogP contribution < -0.4 is 4.90 Å². The van der Waals surface area contributed by atoms with Crippen LogP contribution in [-0.4, -0.2) is 60.2 Å². The molecule has 0 bridgehead atoms. The zero-order valence-corrected chi connectivity index (χ0v) is 17.4. The van der Waals surface area contributed by atoms with Crippen LogP contribution in [0.15, 0.2) is 28.8 Å². The van der Waals surface area contributed by atoms with E-state index in [9.17, 15) is 9.59 Å². The summed E-state index contributed by atoms with van der Waals surface area (Å²) < 4.78 is 6.67. The summed E-state index contributed by atoms with van der Waals surface area (Å²) in [6.45, 7) is 5.05. The molecule has 11 nitrogen and oxygen atoms in total. The van der Waals surface area contributed by atoms with E-state index >= 15 is 0 Å². The zero-order valence-electron chi connectivity index (χ0n) is 17.4. The maximum absolute atomic E-state index is 13.6. The Bertz CT molecular complexity index is 1150. The number of nitrogens with zero attached hydrogens (tertiary/aromatic N) is 8. The molecule has 2 aromatic heterocycles. The van der Waals surface area contributed by atoms with Crippen LogP contribution in [0.4, 0.5) is 5.69 Å². The molecule has 2 aliphatic heterocycles. The molecule has 0 N–H and O–H groups in total. The number of carbonyl (C=O) groups is 2. The van der Waals surface area contributed by atoms with E-state index in [2.05, 4.69) is 25.7 Å². The Balaban J connectivity index is 1.36. The van der Waals surface area contributed by atoms with Gasteiger partial charge in [0.15, 0.2) is 5.82 Å². The fraction of sp³-hybridized carbons (Fsp3) is 0.450. The van der Waals surface area contributed by atoms with Gasteiger partial charge in [0.25, 0.3) is 0 Å². The normalized spacial score (nSPS) is 20.1. The van der Waals surface area contributed by atoms with Gasteiger partial charge in [0.2, 0.25) is 17.7 Å². The van der Waals surface area contributed by atoms with E-state index in [0.717, 1.165) is 11.3 Å². The van der Waals surface area contributed by atoms with Crippen molar-refractivity contribution in [3.63, 3.8) is 0 Å². The second-order valence-corrected chi connectivity index (χ2v) is 7.98. The third-order valence-electron chi connectivity index (χ3n) is 6.10. The molecule has 160 valence electrons. The number of para-hydroxylation sites is 1. The fourth-order valence-corrected chi connectivity index (χ4v) is 4.53. The largest absolute Gasteiger partial charge is 0.341 e. The molecule has 0 saturated carbocycles. The van der Waals surface area contributed by atoms with Crippen molar-refractivity contribution in [2.24, 2.45) is 0 Å². The molecule has 0 radical (unpaired) electrons. The molecule has 4 heterocycles. The van der Waals surface area contributed by atoms with E-state index in [0.29, 0.717) is 43.6 Å². The Hall–Kier alpha value is -3.63. The van der Waals surface area contributed by atoms with Gasteiger partial charge in [0, 0.05) is 32.1 Å². The standard InChI is InChI=1S/C20H22N8O3/c1-13-22-24-25-28(13)9-7-18(29)26-10-8-20(12-26)15-5-3-4-6-16(15)27(19(20)30)11-17-21-14(2)31-23-17/h3-6H,7-12H2,1-2H3. The molecule has 1 fully saturated rings. The number of amides is 2. The lowest BCUT2D eigenvalue weighted by molar-refractivity contribution is -0.131. The van der Waals surface area contributed by atoms with E-state index in [1.807, 2.05) is 24.3 Å². The Morgan fingerprint density at radius 1 is 1.26 bits per heavy atom. The van der Waals surface area contributed by atoms with Gasteiger partial charge in [0.05, 0.1) is 18.5 Å². The summed E-state index contributed by atoms with van der Waals surface area (Å²) in [6.07, 6.45) is 0.865. The highest BCUT2D eigenvalue weighted by Gasteiger charge is 2.55. The van der Waals surface area contributed by atoms with E-state index in [4.69, 9.17) is 4.52 Å². The average molecular weight is 422 g/mol. The molecule has 31 heavy (non-hydrogen) atoms. The number of anilines is 1. The van der Waals surface area contributed by atoms with Crippen LogP contribution in [0.3, 0.4) is 0 Å². The van der Waals surface area contributed by atoms with Gasteiger partial charge < -0.3 is 14.3 Å². The van der Waals surface area contributed by atoms with E-state index < -0.39 is 5.41 Å². The number of fused-ring (bicyclic) bond motifs is 2. The zero-order chi connectivity index (χ0) is 21.6. The van der Waals surface area contributed by atoms with Crippen LogP contribution in [0.2, 0.25) is 0 Å². The van der Waals surface area contributed by atoms with Crippen molar-refractivity contribution in [3.8, 4) is 0 Å². The van der Waals surface area contributed by atoms with Crippen molar-refractivity contribution in [2.75, 3.05) is 18.0 Å². The van der Waals surface area contributed by atoms with Crippen molar-refractivity contribution in [2.45, 2.75) is 45.2 Å². The van der Waals surface area contributed by atoms with Crippen LogP contribution in [0.5, 0.6) is 0 Å². The summed E-state index contributed by atoms with van der Waals surface area (Å²) in [5.74, 6) is 1.55. The number of hydrogen-bond acceptors (Lipinski definition) is 8. The van der Waals surface area contributed by atoms with Crippen molar-refractivity contribution in [3.05, 3.63) is 47.4 Å². The van der Waals surface area contributed by atoms with Crippen LogP contribution in [0.25, 0.3) is 0 Å². The molecule has 0 aliphatic carbocycles. The van der Waals surface area contributed by atoms with Gasteiger partial charge in [-0.15, -0.1) is 5.10 Å². The predicted molar refractivity (Wildman–Crippen MR) is 107 cm³/mol. The lowest BCUT2D eigenvalue weighted by Gasteiger charge is -2.24. The second kappa shape index (κ2) is 7.25. The average Bonchev–Trinajstić information content (AvgIpc) is 3.53. The quantitative estimate of drug-likeness (QED) is 0.591. The molecule has 2 amide bonds. The molecular formula is C20H22N8O3. The molecule has 1 aromatic carbocycles. The monoisotopic (exact) mass is 422 g/mol. The lowest BCUT2D eigenvalue weighted by Crippen LogP contribution is -2.43. The van der Waals surface area contributed by atoms with Crippen molar-refractivity contribution in [1.29, 1.82) is 0 Å². The SMILES string of the molecule is Cc1nc(CN2C(=O)C3(CCN(C(=O)CCn4nnnc4C)C3)c3ccccc32)no1. The third kappa shape index (κ3) is 3.16. The van der Waals surface area contributed by atoms with Crippen LogP contribution >= 0.6 is 0 Å². The molecule has 11 heteroatoms. The summed E-state index contributed by atoms with van der Waals surface area (Å²) in [6, 6.07) is 7.75. The minimum Gasteiger partial charge on any atom is -0.341 e. The molecule has 3 aromatic rings. The number of rotatable bonds is 5. The van der Waals surface area contributed by atoms with Gasteiger partial charge in [-0.25, -0.2) is 4.68 Å². The van der Waals surface area contributed by atoms with E-state index in [1.54, 1.807) is 28.3 Å². The number of hydrogen-bond donors (Lipinski definition) is 0. The van der Waals surface area contributed by atoms with Crippen molar-refractivity contribution >= 4 is 17.5 Å². The number of carbonyl (C=O) groups excluding carboxylic acids is 2. The maximum atomic E-state index is 13.6. The topological polar surface area (TPSA) is 123 Å².